The third kappa shape index (κ3) is 6.67. The van der Waals surface area contributed by atoms with Crippen molar-refractivity contribution >= 4 is 20.3 Å². The molecule has 1 heterocycles. The van der Waals surface area contributed by atoms with Crippen LogP contribution >= 0.6 is 0 Å². The SMILES string of the molecule is CCC1=C(C(=O)NCC(O)C2CCCCC2)[C@H](c2cccc(O[Si](C)(C)C(C)(C)C)c2)NC(=O)N1. The highest BCUT2D eigenvalue weighted by Crippen LogP contribution is 2.38. The Morgan fingerprint density at radius 3 is 2.54 bits per heavy atom. The van der Waals surface area contributed by atoms with E-state index in [0.717, 1.165) is 37.0 Å². The second-order valence-corrected chi connectivity index (χ2v) is 16.1. The van der Waals surface area contributed by atoms with E-state index in [1.54, 1.807) is 0 Å². The third-order valence-corrected chi connectivity index (χ3v) is 12.1. The summed E-state index contributed by atoms with van der Waals surface area (Å²) < 4.78 is 6.48. The van der Waals surface area contributed by atoms with Crippen molar-refractivity contribution in [1.29, 1.82) is 0 Å². The van der Waals surface area contributed by atoms with Crippen molar-refractivity contribution in [2.75, 3.05) is 6.54 Å². The van der Waals surface area contributed by atoms with Crippen molar-refractivity contribution < 1.29 is 19.1 Å². The molecule has 4 N–H and O–H groups in total. The number of benzene rings is 1. The number of allylic oxidation sites excluding steroid dienone is 1. The van der Waals surface area contributed by atoms with Crippen molar-refractivity contribution in [2.24, 2.45) is 5.92 Å². The quantitative estimate of drug-likeness (QED) is 0.370. The number of hydrogen-bond donors (Lipinski definition) is 4. The van der Waals surface area contributed by atoms with Crippen LogP contribution in [-0.4, -0.2) is 38.0 Å². The predicted molar refractivity (Wildman–Crippen MR) is 142 cm³/mol. The van der Waals surface area contributed by atoms with E-state index < -0.39 is 20.5 Å². The summed E-state index contributed by atoms with van der Waals surface area (Å²) in [6.07, 6.45) is 5.43. The Morgan fingerprint density at radius 2 is 1.91 bits per heavy atom. The van der Waals surface area contributed by atoms with Gasteiger partial charge in [-0.25, -0.2) is 4.79 Å². The van der Waals surface area contributed by atoms with Gasteiger partial charge in [0.05, 0.1) is 17.7 Å². The molecule has 1 saturated carbocycles. The highest BCUT2D eigenvalue weighted by molar-refractivity contribution is 6.74. The van der Waals surface area contributed by atoms with Crippen LogP contribution in [0.1, 0.15) is 77.8 Å². The molecular weight excluding hydrogens is 458 g/mol. The van der Waals surface area contributed by atoms with Gasteiger partial charge in [-0.05, 0) is 61.0 Å². The molecule has 2 atom stereocenters. The molecule has 8 heteroatoms. The lowest BCUT2D eigenvalue weighted by molar-refractivity contribution is -0.118. The maximum Gasteiger partial charge on any atom is 0.319 e. The molecule has 0 saturated heterocycles. The molecule has 1 aliphatic carbocycles. The zero-order chi connectivity index (χ0) is 25.8. The van der Waals surface area contributed by atoms with E-state index in [0.29, 0.717) is 17.7 Å². The van der Waals surface area contributed by atoms with Crippen LogP contribution in [0.4, 0.5) is 4.79 Å². The van der Waals surface area contributed by atoms with Crippen molar-refractivity contribution in [1.82, 2.24) is 16.0 Å². The number of carbonyl (C=O) groups is 2. The lowest BCUT2D eigenvalue weighted by Crippen LogP contribution is -2.48. The summed E-state index contributed by atoms with van der Waals surface area (Å²) in [6.45, 7) is 13.1. The summed E-state index contributed by atoms with van der Waals surface area (Å²) in [5.41, 5.74) is 1.87. The molecule has 0 bridgehead atoms. The first-order valence-corrected chi connectivity index (χ1v) is 15.9. The van der Waals surface area contributed by atoms with Gasteiger partial charge < -0.3 is 25.5 Å². The second-order valence-electron chi connectivity index (χ2n) is 11.4. The Morgan fingerprint density at radius 1 is 1.23 bits per heavy atom. The molecule has 35 heavy (non-hydrogen) atoms. The molecular formula is C27H43N3O4Si. The minimum atomic E-state index is -2.05. The Kier molecular flexibility index (Phi) is 8.70. The molecule has 1 aromatic carbocycles. The van der Waals surface area contributed by atoms with Crippen molar-refractivity contribution in [3.63, 3.8) is 0 Å². The molecule has 1 fully saturated rings. The van der Waals surface area contributed by atoms with Gasteiger partial charge in [0.1, 0.15) is 5.75 Å². The minimum absolute atomic E-state index is 0.0471. The van der Waals surface area contributed by atoms with Crippen LogP contribution in [-0.2, 0) is 4.79 Å². The maximum absolute atomic E-state index is 13.4. The first kappa shape index (κ1) is 27.3. The molecule has 2 aliphatic rings. The molecule has 3 rings (SSSR count). The fourth-order valence-corrected chi connectivity index (χ4v) is 5.62. The molecule has 0 spiro atoms. The molecule has 7 nitrogen and oxygen atoms in total. The normalized spacial score (nSPS) is 20.7. The van der Waals surface area contributed by atoms with Gasteiger partial charge >= 0.3 is 6.03 Å². The standard InChI is InChI=1S/C27H43N3O4Si/c1-7-21-23(25(32)28-17-22(31)18-12-9-8-10-13-18)24(30-26(33)29-21)19-14-11-15-20(16-19)34-35(5,6)27(2,3)4/h11,14-16,18,22,24,31H,7-10,12-13,17H2,1-6H3,(H,28,32)(H2,29,30,33)/t22?,24-/m0/s1. The van der Waals surface area contributed by atoms with Crippen LogP contribution in [0, 0.1) is 5.92 Å². The largest absolute Gasteiger partial charge is 0.543 e. The smallest absolute Gasteiger partial charge is 0.319 e. The zero-order valence-corrected chi connectivity index (χ0v) is 23.2. The minimum Gasteiger partial charge on any atom is -0.543 e. The van der Waals surface area contributed by atoms with E-state index in [2.05, 4.69) is 49.8 Å². The van der Waals surface area contributed by atoms with Crippen LogP contribution in [0.5, 0.6) is 5.75 Å². The number of nitrogens with one attached hydrogen (secondary N) is 3. The molecule has 0 radical (unpaired) electrons. The number of rotatable bonds is 8. The van der Waals surface area contributed by atoms with Crippen LogP contribution in [0.15, 0.2) is 35.5 Å². The summed E-state index contributed by atoms with van der Waals surface area (Å²) in [6, 6.07) is 6.73. The number of amides is 3. The van der Waals surface area contributed by atoms with Gasteiger partial charge in [0.25, 0.3) is 5.91 Å². The van der Waals surface area contributed by atoms with Gasteiger partial charge in [0, 0.05) is 12.2 Å². The Hall–Kier alpha value is -2.32. The number of aliphatic hydroxyl groups is 1. The Labute approximate surface area is 211 Å². The molecule has 194 valence electrons. The van der Waals surface area contributed by atoms with Gasteiger partial charge in [-0.2, -0.15) is 0 Å². The number of carbonyl (C=O) groups excluding carboxylic acids is 2. The highest BCUT2D eigenvalue weighted by Gasteiger charge is 2.39. The summed E-state index contributed by atoms with van der Waals surface area (Å²) in [5, 5.41) is 19.4. The van der Waals surface area contributed by atoms with E-state index >= 15 is 0 Å². The Balaban J connectivity index is 1.83. The van der Waals surface area contributed by atoms with Crippen LogP contribution < -0.4 is 20.4 Å². The average Bonchev–Trinajstić information content (AvgIpc) is 2.81. The zero-order valence-electron chi connectivity index (χ0n) is 22.2. The second kappa shape index (κ2) is 11.2. The van der Waals surface area contributed by atoms with Gasteiger partial charge in [-0.3, -0.25) is 4.79 Å². The van der Waals surface area contributed by atoms with Crippen molar-refractivity contribution in [3.8, 4) is 5.75 Å². The van der Waals surface area contributed by atoms with E-state index in [-0.39, 0.29) is 29.4 Å². The van der Waals surface area contributed by atoms with Crippen LogP contribution in [0.25, 0.3) is 0 Å². The lowest BCUT2D eigenvalue weighted by atomic mass is 9.85. The molecule has 3 amide bonds. The summed E-state index contributed by atoms with van der Waals surface area (Å²) in [7, 11) is -2.05. The topological polar surface area (TPSA) is 99.7 Å². The van der Waals surface area contributed by atoms with E-state index in [4.69, 9.17) is 4.43 Å². The third-order valence-electron chi connectivity index (χ3n) is 7.79. The number of urea groups is 1. The summed E-state index contributed by atoms with van der Waals surface area (Å²) in [5.74, 6) is 0.699. The van der Waals surface area contributed by atoms with Gasteiger partial charge in [0.2, 0.25) is 8.32 Å². The fourth-order valence-electron chi connectivity index (χ4n) is 4.60. The number of aliphatic hydroxyl groups excluding tert-OH is 1. The van der Waals surface area contributed by atoms with Crippen LogP contribution in [0.3, 0.4) is 0 Å². The highest BCUT2D eigenvalue weighted by atomic mass is 28.4. The molecule has 1 unspecified atom stereocenters. The first-order valence-electron chi connectivity index (χ1n) is 13.0. The monoisotopic (exact) mass is 501 g/mol. The Bertz CT molecular complexity index is 948. The fraction of sp³-hybridized carbons (Fsp3) is 0.630. The van der Waals surface area contributed by atoms with E-state index in [9.17, 15) is 14.7 Å². The van der Waals surface area contributed by atoms with Gasteiger partial charge in [0.15, 0.2) is 0 Å². The van der Waals surface area contributed by atoms with Crippen molar-refractivity contribution in [2.45, 2.75) is 96.5 Å². The summed E-state index contributed by atoms with van der Waals surface area (Å²) >= 11 is 0. The first-order chi connectivity index (χ1) is 16.4. The molecule has 0 aromatic heterocycles. The average molecular weight is 502 g/mol. The molecule has 1 aromatic rings. The van der Waals surface area contributed by atoms with Gasteiger partial charge in [-0.1, -0.05) is 59.1 Å². The summed E-state index contributed by atoms with van der Waals surface area (Å²) in [4.78, 5) is 25.8. The molecule has 1 aliphatic heterocycles. The van der Waals surface area contributed by atoms with E-state index in [1.165, 1.54) is 6.42 Å². The maximum atomic E-state index is 13.4. The predicted octanol–water partition coefficient (Wildman–Crippen LogP) is 5.15. The van der Waals surface area contributed by atoms with Crippen LogP contribution in [0.2, 0.25) is 18.1 Å². The lowest BCUT2D eigenvalue weighted by Gasteiger charge is -2.37. The van der Waals surface area contributed by atoms with Gasteiger partial charge in [-0.15, -0.1) is 0 Å². The van der Waals surface area contributed by atoms with E-state index in [1.807, 2.05) is 31.2 Å². The number of hydrogen-bond acceptors (Lipinski definition) is 4. The van der Waals surface area contributed by atoms with Crippen molar-refractivity contribution in [3.05, 3.63) is 41.1 Å².